The fourth-order valence-electron chi connectivity index (χ4n) is 0.224. The van der Waals surface area contributed by atoms with Crippen molar-refractivity contribution in [1.29, 1.82) is 4.78 Å². The molecule has 0 unspecified atom stereocenters. The van der Waals surface area contributed by atoms with Crippen molar-refractivity contribution in [1.82, 2.24) is 0 Å². The molecule has 0 bridgehead atoms. The fraction of sp³-hybridized carbons (Fsp3) is 1.00. The average Bonchev–Trinajstić information content (AvgIpc) is 1.68. The lowest BCUT2D eigenvalue weighted by Gasteiger charge is -2.14. The van der Waals surface area contributed by atoms with Gasteiger partial charge >= 0.3 is 0 Å². The highest BCUT2D eigenvalue weighted by Crippen LogP contribution is 1.96. The predicted octanol–water partition coefficient (Wildman–Crippen LogP) is 1.15. The van der Waals surface area contributed by atoms with E-state index in [1.54, 1.807) is 0 Å². The van der Waals surface area contributed by atoms with E-state index < -0.39 is 10.1 Å². The van der Waals surface area contributed by atoms with Gasteiger partial charge in [-0.1, -0.05) is 13.8 Å². The lowest BCUT2D eigenvalue weighted by molar-refractivity contribution is 0.626. The molecule has 2 nitrogen and oxygen atoms in total. The maximum absolute atomic E-state index is 8.91. The van der Waals surface area contributed by atoms with Crippen LogP contribution in [0.15, 0.2) is 0 Å². The van der Waals surface area contributed by atoms with E-state index in [9.17, 15) is 0 Å². The SMILES string of the molecule is CC[SH](=N)(O)CC. The number of rotatable bonds is 2. The summed E-state index contributed by atoms with van der Waals surface area (Å²) in [4.78, 5) is 0. The summed E-state index contributed by atoms with van der Waals surface area (Å²) in [5.74, 6) is 1.26. The molecule has 2 N–H and O–H groups in total. The van der Waals surface area contributed by atoms with E-state index in [4.69, 9.17) is 9.33 Å². The van der Waals surface area contributed by atoms with Crippen LogP contribution in [0.4, 0.5) is 0 Å². The summed E-state index contributed by atoms with van der Waals surface area (Å²) < 4.78 is 16.0. The van der Waals surface area contributed by atoms with Crippen molar-refractivity contribution in [2.24, 2.45) is 0 Å². The van der Waals surface area contributed by atoms with Gasteiger partial charge in [0.2, 0.25) is 0 Å². The van der Waals surface area contributed by atoms with Gasteiger partial charge < -0.3 is 4.55 Å². The quantitative estimate of drug-likeness (QED) is 0.474. The molecule has 0 rings (SSSR count). The maximum atomic E-state index is 8.91. The summed E-state index contributed by atoms with van der Waals surface area (Å²) in [6.07, 6.45) is 0. The van der Waals surface area contributed by atoms with Crippen LogP contribution in [0.25, 0.3) is 0 Å². The van der Waals surface area contributed by atoms with Crippen molar-refractivity contribution in [2.45, 2.75) is 13.8 Å². The Kier molecular flexibility index (Phi) is 2.46. The predicted molar refractivity (Wildman–Crippen MR) is 35.2 cm³/mol. The molecule has 0 saturated carbocycles. The van der Waals surface area contributed by atoms with Gasteiger partial charge in [0.25, 0.3) is 0 Å². The molecular formula is C4H13NOS. The second-order valence-electron chi connectivity index (χ2n) is 1.56. The molecule has 0 aromatic heterocycles. The first-order valence-corrected chi connectivity index (χ1v) is 4.58. The Morgan fingerprint density at radius 1 is 1.43 bits per heavy atom. The highest BCUT2D eigenvalue weighted by molar-refractivity contribution is 7.98. The van der Waals surface area contributed by atoms with Crippen molar-refractivity contribution in [3.8, 4) is 0 Å². The van der Waals surface area contributed by atoms with Crippen LogP contribution in [0.2, 0.25) is 0 Å². The number of thiol groups is 1. The summed E-state index contributed by atoms with van der Waals surface area (Å²) >= 11 is 0. The Balaban J connectivity index is 3.61. The van der Waals surface area contributed by atoms with Crippen molar-refractivity contribution in [2.75, 3.05) is 11.5 Å². The first-order valence-electron chi connectivity index (χ1n) is 2.47. The van der Waals surface area contributed by atoms with Crippen LogP contribution in [-0.4, -0.2) is 16.1 Å². The highest BCUT2D eigenvalue weighted by Gasteiger charge is 1.94. The minimum absolute atomic E-state index is 0.628. The van der Waals surface area contributed by atoms with Crippen LogP contribution >= 0.6 is 0 Å². The largest absolute Gasteiger partial charge is 0.345 e. The number of hydrogen-bond acceptors (Lipinski definition) is 1. The minimum atomic E-state index is -2.15. The highest BCUT2D eigenvalue weighted by atomic mass is 32.3. The molecule has 0 heterocycles. The van der Waals surface area contributed by atoms with Crippen LogP contribution in [0.1, 0.15) is 13.8 Å². The third-order valence-electron chi connectivity index (χ3n) is 1.05. The zero-order chi connectivity index (χ0) is 5.91. The van der Waals surface area contributed by atoms with Crippen LogP contribution in [0.3, 0.4) is 0 Å². The molecule has 0 spiro atoms. The first kappa shape index (κ1) is 7.11. The van der Waals surface area contributed by atoms with E-state index in [-0.39, 0.29) is 0 Å². The van der Waals surface area contributed by atoms with Crippen LogP contribution in [-0.2, 0) is 10.1 Å². The molecule has 0 saturated heterocycles. The Hall–Kier alpha value is 0.110. The van der Waals surface area contributed by atoms with E-state index in [1.165, 1.54) is 0 Å². The Morgan fingerprint density at radius 3 is 1.71 bits per heavy atom. The van der Waals surface area contributed by atoms with Crippen molar-refractivity contribution in [3.05, 3.63) is 0 Å². The van der Waals surface area contributed by atoms with Crippen LogP contribution < -0.4 is 0 Å². The molecule has 0 fully saturated rings. The molecule has 0 aliphatic heterocycles. The molecular weight excluding hydrogens is 110 g/mol. The summed E-state index contributed by atoms with van der Waals surface area (Å²) in [6.45, 7) is 3.70. The van der Waals surface area contributed by atoms with Gasteiger partial charge in [0.1, 0.15) is 0 Å². The van der Waals surface area contributed by atoms with Crippen molar-refractivity contribution >= 4 is 10.1 Å². The molecule has 0 aliphatic rings. The molecule has 0 aromatic rings. The Bertz CT molecular complexity index is 83.7. The molecule has 0 aliphatic carbocycles. The zero-order valence-electron chi connectivity index (χ0n) is 4.81. The minimum Gasteiger partial charge on any atom is -0.345 e. The van der Waals surface area contributed by atoms with E-state index >= 15 is 0 Å². The third-order valence-corrected chi connectivity index (χ3v) is 3.14. The van der Waals surface area contributed by atoms with Gasteiger partial charge in [-0.25, -0.2) is 0 Å². The van der Waals surface area contributed by atoms with Gasteiger partial charge in [-0.05, 0) is 0 Å². The average molecular weight is 123 g/mol. The van der Waals surface area contributed by atoms with Crippen molar-refractivity contribution in [3.63, 3.8) is 0 Å². The summed E-state index contributed by atoms with van der Waals surface area (Å²) in [5, 5.41) is 0. The second kappa shape index (κ2) is 2.43. The first-order chi connectivity index (χ1) is 3.12. The maximum Gasteiger partial charge on any atom is 0.00214 e. The van der Waals surface area contributed by atoms with Gasteiger partial charge in [0.05, 0.1) is 0 Å². The fourth-order valence-corrected chi connectivity index (χ4v) is 0.671. The van der Waals surface area contributed by atoms with Crippen LogP contribution in [0.5, 0.6) is 0 Å². The van der Waals surface area contributed by atoms with E-state index in [0.29, 0.717) is 11.5 Å². The van der Waals surface area contributed by atoms with Gasteiger partial charge in [-0.3, -0.25) is 4.78 Å². The van der Waals surface area contributed by atoms with Gasteiger partial charge in [-0.2, -0.15) is 0 Å². The van der Waals surface area contributed by atoms with Crippen molar-refractivity contribution < 1.29 is 4.55 Å². The van der Waals surface area contributed by atoms with Gasteiger partial charge in [0, 0.05) is 11.5 Å². The lowest BCUT2D eigenvalue weighted by Crippen LogP contribution is -2.12. The summed E-state index contributed by atoms with van der Waals surface area (Å²) in [7, 11) is -2.15. The Labute approximate surface area is 45.6 Å². The molecule has 0 aromatic carbocycles. The van der Waals surface area contributed by atoms with E-state index in [0.717, 1.165) is 0 Å². The lowest BCUT2D eigenvalue weighted by atomic mass is 11.0. The normalized spacial score (nSPS) is 14.1. The molecule has 0 atom stereocenters. The Morgan fingerprint density at radius 2 is 1.71 bits per heavy atom. The standard InChI is InChI=1S/C4H13NOS/c1-3-7(5,6)4-2/h7H,3-4H2,1-2H3,(H2,5,6). The molecule has 0 amide bonds. The molecule has 7 heavy (non-hydrogen) atoms. The van der Waals surface area contributed by atoms with Gasteiger partial charge in [0.15, 0.2) is 0 Å². The van der Waals surface area contributed by atoms with Gasteiger partial charge in [-0.15, -0.1) is 10.1 Å². The smallest absolute Gasteiger partial charge is 0.00214 e. The van der Waals surface area contributed by atoms with E-state index in [2.05, 4.69) is 0 Å². The molecule has 3 heteroatoms. The molecule has 46 valence electrons. The number of hydrogen-bond donors (Lipinski definition) is 3. The third kappa shape index (κ3) is 2.76. The molecule has 0 radical (unpaired) electrons. The van der Waals surface area contributed by atoms with E-state index in [1.807, 2.05) is 13.8 Å². The van der Waals surface area contributed by atoms with Crippen LogP contribution in [0, 0.1) is 4.78 Å². The summed E-state index contributed by atoms with van der Waals surface area (Å²) in [5.41, 5.74) is 0. The zero-order valence-corrected chi connectivity index (χ0v) is 5.70. The number of nitrogens with one attached hydrogen (secondary N) is 1. The topological polar surface area (TPSA) is 44.1 Å². The second-order valence-corrected chi connectivity index (χ2v) is 4.67. The monoisotopic (exact) mass is 123 g/mol. The summed E-state index contributed by atoms with van der Waals surface area (Å²) in [6, 6.07) is 0.